The first-order valence-electron chi connectivity index (χ1n) is 5.17. The molecule has 3 N–H and O–H groups in total. The molecule has 1 aromatic carbocycles. The van der Waals surface area contributed by atoms with Crippen molar-refractivity contribution < 1.29 is 9.94 Å². The summed E-state index contributed by atoms with van der Waals surface area (Å²) < 4.78 is 5.59. The Morgan fingerprint density at radius 3 is 2.74 bits per heavy atom. The monoisotopic (exact) mass is 297 g/mol. The van der Waals surface area contributed by atoms with E-state index >= 15 is 0 Å². The van der Waals surface area contributed by atoms with Crippen LogP contribution in [-0.2, 0) is 0 Å². The van der Waals surface area contributed by atoms with Gasteiger partial charge in [-0.1, -0.05) is 28.4 Å². The van der Waals surface area contributed by atoms with Crippen LogP contribution in [0.5, 0.6) is 11.5 Å². The van der Waals surface area contributed by atoms with Crippen LogP contribution >= 0.6 is 23.2 Å². The normalized spacial score (nSPS) is 11.4. The number of aromatic nitrogens is 1. The first kappa shape index (κ1) is 13.5. The highest BCUT2D eigenvalue weighted by Crippen LogP contribution is 2.32. The summed E-state index contributed by atoms with van der Waals surface area (Å²) in [6, 6.07) is 8.10. The second-order valence-electron chi connectivity index (χ2n) is 3.51. The molecule has 2 aromatic rings. The van der Waals surface area contributed by atoms with E-state index in [0.717, 1.165) is 0 Å². The predicted molar refractivity (Wildman–Crippen MR) is 73.3 cm³/mol. The molecule has 0 aliphatic heterocycles. The van der Waals surface area contributed by atoms with Crippen LogP contribution in [0.4, 0.5) is 0 Å². The fraction of sp³-hybridized carbons (Fsp3) is 0. The van der Waals surface area contributed by atoms with Crippen LogP contribution in [-0.4, -0.2) is 16.0 Å². The van der Waals surface area contributed by atoms with E-state index in [9.17, 15) is 0 Å². The van der Waals surface area contributed by atoms with Crippen molar-refractivity contribution in [3.8, 4) is 11.5 Å². The van der Waals surface area contributed by atoms with Gasteiger partial charge in [0.05, 0.1) is 5.02 Å². The number of oxime groups is 1. The van der Waals surface area contributed by atoms with E-state index in [4.69, 9.17) is 38.9 Å². The third kappa shape index (κ3) is 3.07. The van der Waals surface area contributed by atoms with Gasteiger partial charge in [0, 0.05) is 11.2 Å². The Morgan fingerprint density at radius 2 is 2.05 bits per heavy atom. The van der Waals surface area contributed by atoms with Crippen molar-refractivity contribution in [2.75, 3.05) is 0 Å². The Bertz CT molecular complexity index is 632. The molecule has 5 nitrogen and oxygen atoms in total. The van der Waals surface area contributed by atoms with Gasteiger partial charge in [-0.25, -0.2) is 4.98 Å². The molecule has 0 spiro atoms. The van der Waals surface area contributed by atoms with Gasteiger partial charge in [-0.3, -0.25) is 0 Å². The standard InChI is InChI=1S/C12H9Cl2N3O2/c13-7-3-4-9(8(14)6-7)19-10-2-1-5-16-11(10)12(15)17-18/h1-6,18H,(H2,15,17). The van der Waals surface area contributed by atoms with Crippen LogP contribution in [0, 0.1) is 0 Å². The van der Waals surface area contributed by atoms with E-state index in [0.29, 0.717) is 21.5 Å². The van der Waals surface area contributed by atoms with Crippen molar-refractivity contribution in [2.24, 2.45) is 10.9 Å². The lowest BCUT2D eigenvalue weighted by Crippen LogP contribution is -2.15. The van der Waals surface area contributed by atoms with Crippen molar-refractivity contribution in [1.29, 1.82) is 0 Å². The van der Waals surface area contributed by atoms with E-state index in [1.165, 1.54) is 6.20 Å². The number of benzene rings is 1. The minimum atomic E-state index is -0.152. The molecule has 1 aromatic heterocycles. The molecule has 0 radical (unpaired) electrons. The summed E-state index contributed by atoms with van der Waals surface area (Å²) in [6.07, 6.45) is 1.50. The van der Waals surface area contributed by atoms with Crippen molar-refractivity contribution >= 4 is 29.0 Å². The Labute approximate surface area is 119 Å². The molecule has 2 rings (SSSR count). The number of nitrogens with two attached hydrogens (primary N) is 1. The van der Waals surface area contributed by atoms with Gasteiger partial charge in [0.15, 0.2) is 17.3 Å². The highest BCUT2D eigenvalue weighted by molar-refractivity contribution is 6.35. The molecular weight excluding hydrogens is 289 g/mol. The number of nitrogens with zero attached hydrogens (tertiary/aromatic N) is 2. The third-order valence-electron chi connectivity index (χ3n) is 2.23. The van der Waals surface area contributed by atoms with Crippen LogP contribution in [0.25, 0.3) is 0 Å². The zero-order valence-corrected chi connectivity index (χ0v) is 11.1. The molecular formula is C12H9Cl2N3O2. The van der Waals surface area contributed by atoms with Crippen molar-refractivity contribution in [2.45, 2.75) is 0 Å². The minimum absolute atomic E-state index is 0.152. The van der Waals surface area contributed by atoms with E-state index < -0.39 is 0 Å². The van der Waals surface area contributed by atoms with E-state index in [1.807, 2.05) is 0 Å². The molecule has 0 saturated carbocycles. The highest BCUT2D eigenvalue weighted by Gasteiger charge is 2.12. The number of ether oxygens (including phenoxy) is 1. The molecule has 0 saturated heterocycles. The average Bonchev–Trinajstić information content (AvgIpc) is 2.41. The molecule has 0 aliphatic carbocycles. The summed E-state index contributed by atoms with van der Waals surface area (Å²) in [5.41, 5.74) is 5.73. The minimum Gasteiger partial charge on any atom is -0.453 e. The fourth-order valence-electron chi connectivity index (χ4n) is 1.39. The molecule has 7 heteroatoms. The van der Waals surface area contributed by atoms with Crippen molar-refractivity contribution in [3.05, 3.63) is 52.3 Å². The lowest BCUT2D eigenvalue weighted by molar-refractivity contribution is 0.318. The summed E-state index contributed by atoms with van der Waals surface area (Å²) in [5, 5.41) is 12.4. The Morgan fingerprint density at radius 1 is 1.26 bits per heavy atom. The van der Waals surface area contributed by atoms with Crippen molar-refractivity contribution in [3.63, 3.8) is 0 Å². The van der Waals surface area contributed by atoms with Crippen LogP contribution in [0.1, 0.15) is 5.69 Å². The first-order chi connectivity index (χ1) is 9.11. The molecule has 1 heterocycles. The predicted octanol–water partition coefficient (Wildman–Crippen LogP) is 3.28. The summed E-state index contributed by atoms with van der Waals surface area (Å²) in [7, 11) is 0. The maximum absolute atomic E-state index is 8.69. The Hall–Kier alpha value is -1.98. The largest absolute Gasteiger partial charge is 0.453 e. The fourth-order valence-corrected chi connectivity index (χ4v) is 1.84. The number of amidine groups is 1. The van der Waals surface area contributed by atoms with E-state index in [-0.39, 0.29) is 11.5 Å². The number of rotatable bonds is 3. The molecule has 0 bridgehead atoms. The van der Waals surface area contributed by atoms with Gasteiger partial charge in [0.1, 0.15) is 5.75 Å². The van der Waals surface area contributed by atoms with Gasteiger partial charge in [-0.15, -0.1) is 0 Å². The molecule has 0 unspecified atom stereocenters. The van der Waals surface area contributed by atoms with Crippen LogP contribution < -0.4 is 10.5 Å². The SMILES string of the molecule is N/C(=N/O)c1ncccc1Oc1ccc(Cl)cc1Cl. The maximum atomic E-state index is 8.69. The summed E-state index contributed by atoms with van der Waals surface area (Å²) in [6.45, 7) is 0. The maximum Gasteiger partial charge on any atom is 0.192 e. The summed E-state index contributed by atoms with van der Waals surface area (Å²) in [5.74, 6) is 0.564. The molecule has 0 atom stereocenters. The van der Waals surface area contributed by atoms with Gasteiger partial charge < -0.3 is 15.7 Å². The molecule has 0 aliphatic rings. The van der Waals surface area contributed by atoms with Gasteiger partial charge in [-0.05, 0) is 30.3 Å². The first-order valence-corrected chi connectivity index (χ1v) is 5.93. The van der Waals surface area contributed by atoms with Gasteiger partial charge >= 0.3 is 0 Å². The molecule has 0 fully saturated rings. The number of halogens is 2. The second-order valence-corrected chi connectivity index (χ2v) is 4.36. The lowest BCUT2D eigenvalue weighted by atomic mass is 10.3. The summed E-state index contributed by atoms with van der Waals surface area (Å²) in [4.78, 5) is 3.98. The van der Waals surface area contributed by atoms with E-state index in [1.54, 1.807) is 30.3 Å². The quantitative estimate of drug-likeness (QED) is 0.394. The highest BCUT2D eigenvalue weighted by atomic mass is 35.5. The Kier molecular flexibility index (Phi) is 4.09. The molecule has 98 valence electrons. The van der Waals surface area contributed by atoms with Gasteiger partial charge in [0.25, 0.3) is 0 Å². The topological polar surface area (TPSA) is 80.7 Å². The number of pyridine rings is 1. The molecule has 19 heavy (non-hydrogen) atoms. The zero-order valence-electron chi connectivity index (χ0n) is 9.55. The van der Waals surface area contributed by atoms with Gasteiger partial charge in [-0.2, -0.15) is 0 Å². The molecule has 0 amide bonds. The lowest BCUT2D eigenvalue weighted by Gasteiger charge is -2.10. The van der Waals surface area contributed by atoms with Crippen LogP contribution in [0.15, 0.2) is 41.7 Å². The Balaban J connectivity index is 2.38. The second kappa shape index (κ2) is 5.77. The van der Waals surface area contributed by atoms with Crippen LogP contribution in [0.3, 0.4) is 0 Å². The van der Waals surface area contributed by atoms with Gasteiger partial charge in [0.2, 0.25) is 0 Å². The zero-order chi connectivity index (χ0) is 13.8. The van der Waals surface area contributed by atoms with Crippen molar-refractivity contribution in [1.82, 2.24) is 4.98 Å². The average molecular weight is 298 g/mol. The number of hydrogen-bond donors (Lipinski definition) is 2. The smallest absolute Gasteiger partial charge is 0.192 e. The van der Waals surface area contributed by atoms with Crippen LogP contribution in [0.2, 0.25) is 10.0 Å². The number of hydrogen-bond acceptors (Lipinski definition) is 4. The van der Waals surface area contributed by atoms with E-state index in [2.05, 4.69) is 10.1 Å². The third-order valence-corrected chi connectivity index (χ3v) is 2.77. The summed E-state index contributed by atoms with van der Waals surface area (Å²) >= 11 is 11.8.